The molecule has 0 unspecified atom stereocenters. The maximum absolute atomic E-state index is 13.0. The van der Waals surface area contributed by atoms with E-state index in [1.165, 1.54) is 31.0 Å². The summed E-state index contributed by atoms with van der Waals surface area (Å²) in [5, 5.41) is 4.01. The molecule has 0 aliphatic heterocycles. The molecule has 8 heteroatoms. The number of nitrogens with one attached hydrogen (secondary N) is 2. The van der Waals surface area contributed by atoms with Gasteiger partial charge in [-0.15, -0.1) is 0 Å². The van der Waals surface area contributed by atoms with Crippen LogP contribution >= 0.6 is 23.4 Å². The minimum atomic E-state index is -0.282. The molecule has 0 aliphatic rings. The Hall–Kier alpha value is -2.51. The zero-order valence-electron chi connectivity index (χ0n) is 14.5. The molecule has 0 radical (unpaired) electrons. The van der Waals surface area contributed by atoms with Crippen molar-refractivity contribution >= 4 is 35.0 Å². The number of carbonyl (C=O) groups is 1. The molecule has 0 saturated heterocycles. The number of thioether (sulfide) groups is 1. The molecular formula is C19H17ClFN3O2S. The van der Waals surface area contributed by atoms with Gasteiger partial charge in [-0.05, 0) is 48.0 Å². The van der Waals surface area contributed by atoms with Gasteiger partial charge in [0.05, 0.1) is 24.7 Å². The highest BCUT2D eigenvalue weighted by Gasteiger charge is 2.10. The Balaban J connectivity index is 1.52. The van der Waals surface area contributed by atoms with Gasteiger partial charge in [0.1, 0.15) is 11.6 Å². The van der Waals surface area contributed by atoms with Gasteiger partial charge in [0.15, 0.2) is 5.16 Å². The van der Waals surface area contributed by atoms with Crippen molar-refractivity contribution in [2.45, 2.75) is 11.6 Å². The summed E-state index contributed by atoms with van der Waals surface area (Å²) in [7, 11) is 1.53. The molecule has 3 rings (SSSR count). The maximum atomic E-state index is 13.0. The summed E-state index contributed by atoms with van der Waals surface area (Å²) >= 11 is 7.39. The number of rotatable bonds is 7. The summed E-state index contributed by atoms with van der Waals surface area (Å²) in [5.41, 5.74) is 2.18. The van der Waals surface area contributed by atoms with E-state index < -0.39 is 0 Å². The van der Waals surface area contributed by atoms with Crippen molar-refractivity contribution in [3.63, 3.8) is 0 Å². The van der Waals surface area contributed by atoms with Crippen LogP contribution in [0.3, 0.4) is 0 Å². The minimum absolute atomic E-state index is 0.145. The number of aromatic nitrogens is 2. The van der Waals surface area contributed by atoms with Crippen LogP contribution in [0.4, 0.5) is 10.1 Å². The summed E-state index contributed by atoms with van der Waals surface area (Å²) in [5.74, 6) is 0.671. The number of aromatic amines is 1. The number of halogens is 2. The third kappa shape index (κ3) is 5.24. The van der Waals surface area contributed by atoms with E-state index in [-0.39, 0.29) is 11.7 Å². The highest BCUT2D eigenvalue weighted by Crippen LogP contribution is 2.28. The number of methoxy groups -OCH3 is 1. The monoisotopic (exact) mass is 405 g/mol. The fourth-order valence-electron chi connectivity index (χ4n) is 2.38. The van der Waals surface area contributed by atoms with Crippen LogP contribution in [0.15, 0.2) is 53.8 Å². The lowest BCUT2D eigenvalue weighted by atomic mass is 10.2. The normalized spacial score (nSPS) is 10.6. The van der Waals surface area contributed by atoms with E-state index in [9.17, 15) is 9.18 Å². The van der Waals surface area contributed by atoms with Gasteiger partial charge < -0.3 is 15.0 Å². The van der Waals surface area contributed by atoms with Crippen molar-refractivity contribution in [2.75, 3.05) is 18.2 Å². The molecule has 1 amide bonds. The highest BCUT2D eigenvalue weighted by atomic mass is 35.5. The molecule has 2 N–H and O–H groups in total. The minimum Gasteiger partial charge on any atom is -0.495 e. The fourth-order valence-corrected chi connectivity index (χ4v) is 3.35. The van der Waals surface area contributed by atoms with Gasteiger partial charge in [0.25, 0.3) is 0 Å². The Kier molecular flexibility index (Phi) is 6.36. The predicted octanol–water partition coefficient (Wildman–Crippen LogP) is 5.00. The van der Waals surface area contributed by atoms with E-state index in [2.05, 4.69) is 15.3 Å². The number of ether oxygens (including phenoxy) is 1. The van der Waals surface area contributed by atoms with E-state index in [1.807, 2.05) is 0 Å². The number of benzene rings is 2. The Morgan fingerprint density at radius 1 is 1.30 bits per heavy atom. The Bertz CT molecular complexity index is 931. The Morgan fingerprint density at radius 2 is 2.07 bits per heavy atom. The van der Waals surface area contributed by atoms with E-state index in [1.54, 1.807) is 36.5 Å². The summed E-state index contributed by atoms with van der Waals surface area (Å²) in [4.78, 5) is 19.6. The zero-order chi connectivity index (χ0) is 19.2. The molecule has 0 bridgehead atoms. The smallest absolute Gasteiger partial charge is 0.225 e. The second-order valence-electron chi connectivity index (χ2n) is 5.60. The van der Waals surface area contributed by atoms with Crippen LogP contribution in [0.2, 0.25) is 5.02 Å². The number of imidazole rings is 1. The van der Waals surface area contributed by atoms with Gasteiger partial charge in [0.2, 0.25) is 5.91 Å². The van der Waals surface area contributed by atoms with Crippen molar-refractivity contribution in [1.29, 1.82) is 0 Å². The van der Waals surface area contributed by atoms with E-state index in [0.29, 0.717) is 33.8 Å². The quantitative estimate of drug-likeness (QED) is 0.543. The van der Waals surface area contributed by atoms with Crippen LogP contribution in [0.25, 0.3) is 11.3 Å². The molecule has 0 aliphatic carbocycles. The molecule has 0 fully saturated rings. The number of carbonyl (C=O) groups excluding carboxylic acids is 1. The van der Waals surface area contributed by atoms with Crippen LogP contribution < -0.4 is 10.1 Å². The molecule has 1 heterocycles. The average Bonchev–Trinajstić information content (AvgIpc) is 3.11. The molecule has 2 aromatic carbocycles. The van der Waals surface area contributed by atoms with Gasteiger partial charge in [0, 0.05) is 17.2 Å². The molecular weight excluding hydrogens is 389 g/mol. The van der Waals surface area contributed by atoms with Gasteiger partial charge in [-0.3, -0.25) is 4.79 Å². The number of amides is 1. The summed E-state index contributed by atoms with van der Waals surface area (Å²) in [6.07, 6.45) is 1.99. The lowest BCUT2D eigenvalue weighted by Crippen LogP contribution is -2.13. The Labute approximate surface area is 165 Å². The number of hydrogen-bond donors (Lipinski definition) is 2. The van der Waals surface area contributed by atoms with Crippen LogP contribution in [-0.2, 0) is 4.79 Å². The lowest BCUT2D eigenvalue weighted by molar-refractivity contribution is -0.115. The number of nitrogens with zero attached hydrogens (tertiary/aromatic N) is 1. The molecule has 5 nitrogen and oxygen atoms in total. The van der Waals surface area contributed by atoms with Crippen molar-refractivity contribution in [3.8, 4) is 17.0 Å². The number of H-pyrrole nitrogens is 1. The summed E-state index contributed by atoms with van der Waals surface area (Å²) in [6, 6.07) is 11.2. The third-order valence-corrected chi connectivity index (χ3v) is 4.84. The Morgan fingerprint density at radius 3 is 2.81 bits per heavy atom. The van der Waals surface area contributed by atoms with E-state index in [0.717, 1.165) is 11.3 Å². The first-order chi connectivity index (χ1) is 13.0. The van der Waals surface area contributed by atoms with Crippen LogP contribution in [0, 0.1) is 5.82 Å². The van der Waals surface area contributed by atoms with Gasteiger partial charge in [-0.2, -0.15) is 0 Å². The molecule has 0 atom stereocenters. The first kappa shape index (κ1) is 19.3. The van der Waals surface area contributed by atoms with Crippen molar-refractivity contribution in [3.05, 3.63) is 59.5 Å². The first-order valence-corrected chi connectivity index (χ1v) is 9.48. The molecule has 0 saturated carbocycles. The molecule has 3 aromatic rings. The topological polar surface area (TPSA) is 67.0 Å². The number of anilines is 1. The number of hydrogen-bond acceptors (Lipinski definition) is 4. The van der Waals surface area contributed by atoms with Gasteiger partial charge in [-0.1, -0.05) is 23.4 Å². The first-order valence-electron chi connectivity index (χ1n) is 8.12. The average molecular weight is 406 g/mol. The largest absolute Gasteiger partial charge is 0.495 e. The zero-order valence-corrected chi connectivity index (χ0v) is 16.0. The van der Waals surface area contributed by atoms with E-state index in [4.69, 9.17) is 16.3 Å². The van der Waals surface area contributed by atoms with E-state index >= 15 is 0 Å². The summed E-state index contributed by atoms with van der Waals surface area (Å²) in [6.45, 7) is 0. The molecule has 0 spiro atoms. The van der Waals surface area contributed by atoms with Crippen LogP contribution in [-0.4, -0.2) is 28.7 Å². The third-order valence-electron chi connectivity index (χ3n) is 3.71. The van der Waals surface area contributed by atoms with Crippen molar-refractivity contribution in [1.82, 2.24) is 9.97 Å². The highest BCUT2D eigenvalue weighted by molar-refractivity contribution is 7.99. The predicted molar refractivity (Wildman–Crippen MR) is 106 cm³/mol. The summed E-state index contributed by atoms with van der Waals surface area (Å²) < 4.78 is 18.2. The van der Waals surface area contributed by atoms with Crippen LogP contribution in [0.5, 0.6) is 5.75 Å². The van der Waals surface area contributed by atoms with Crippen LogP contribution in [0.1, 0.15) is 6.42 Å². The lowest BCUT2D eigenvalue weighted by Gasteiger charge is -2.10. The molecule has 27 heavy (non-hydrogen) atoms. The second kappa shape index (κ2) is 8.92. The maximum Gasteiger partial charge on any atom is 0.225 e. The standard InChI is InChI=1S/C19H17ClFN3O2S/c1-26-17-7-4-13(20)10-15(17)23-18(25)8-9-27-19-22-11-16(24-19)12-2-5-14(21)6-3-12/h2-7,10-11H,8-9H2,1H3,(H,22,24)(H,23,25). The molecule has 1 aromatic heterocycles. The van der Waals surface area contributed by atoms with Crippen molar-refractivity contribution < 1.29 is 13.9 Å². The second-order valence-corrected chi connectivity index (χ2v) is 7.12. The SMILES string of the molecule is COc1ccc(Cl)cc1NC(=O)CCSc1ncc(-c2ccc(F)cc2)[nH]1. The molecule has 140 valence electrons. The fraction of sp³-hybridized carbons (Fsp3) is 0.158. The van der Waals surface area contributed by atoms with Crippen molar-refractivity contribution in [2.24, 2.45) is 0 Å². The van der Waals surface area contributed by atoms with Gasteiger partial charge >= 0.3 is 0 Å². The van der Waals surface area contributed by atoms with Gasteiger partial charge in [-0.25, -0.2) is 9.37 Å².